The van der Waals surface area contributed by atoms with Gasteiger partial charge < -0.3 is 4.42 Å². The normalized spacial score (nSPS) is 12.0. The number of nitrogens with zero attached hydrogens (tertiary/aromatic N) is 2. The fourth-order valence-corrected chi connectivity index (χ4v) is 3.93. The van der Waals surface area contributed by atoms with Crippen LogP contribution in [0.3, 0.4) is 0 Å². The van der Waals surface area contributed by atoms with E-state index < -0.39 is 11.7 Å². The number of alkyl halides is 3. The maximum Gasteiger partial charge on any atom is 0.417 e. The number of thiophene rings is 1. The molecule has 25 heavy (non-hydrogen) atoms. The number of hydrogen-bond donors (Lipinski definition) is 0. The monoisotopic (exact) mass is 380 g/mol. The molecule has 4 aromatic rings. The van der Waals surface area contributed by atoms with Gasteiger partial charge in [-0.25, -0.2) is 0 Å². The topological polar surface area (TPSA) is 38.9 Å². The summed E-state index contributed by atoms with van der Waals surface area (Å²) in [6, 6.07) is 12.5. The summed E-state index contributed by atoms with van der Waals surface area (Å²) in [7, 11) is 0. The summed E-state index contributed by atoms with van der Waals surface area (Å²) < 4.78 is 45.9. The second-order valence-electron chi connectivity index (χ2n) is 5.20. The highest BCUT2D eigenvalue weighted by Gasteiger charge is 2.35. The van der Waals surface area contributed by atoms with E-state index in [9.17, 15) is 13.2 Å². The lowest BCUT2D eigenvalue weighted by atomic mass is 10.1. The lowest BCUT2D eigenvalue weighted by Crippen LogP contribution is -2.06. The van der Waals surface area contributed by atoms with Crippen molar-refractivity contribution in [2.75, 3.05) is 0 Å². The van der Waals surface area contributed by atoms with Gasteiger partial charge in [0.15, 0.2) is 0 Å². The van der Waals surface area contributed by atoms with Crippen LogP contribution < -0.4 is 0 Å². The molecule has 0 saturated heterocycles. The van der Waals surface area contributed by atoms with E-state index in [1.807, 2.05) is 24.3 Å². The van der Waals surface area contributed by atoms with Crippen molar-refractivity contribution in [1.82, 2.24) is 10.2 Å². The first-order valence-electron chi connectivity index (χ1n) is 7.12. The van der Waals surface area contributed by atoms with E-state index in [0.717, 1.165) is 16.2 Å². The minimum absolute atomic E-state index is 0.0955. The van der Waals surface area contributed by atoms with Gasteiger partial charge in [-0.3, -0.25) is 0 Å². The molecule has 8 heteroatoms. The lowest BCUT2D eigenvalue weighted by molar-refractivity contribution is -0.137. The standard InChI is InChI=1S/C17H8ClF3N2OS/c18-13-10-6-2-4-8-12(10)25-14(13)16-23-22-15(24-16)9-5-1-3-7-11(9)17(19,20)21/h1-8H. The van der Waals surface area contributed by atoms with Gasteiger partial charge in [0.05, 0.1) is 16.1 Å². The van der Waals surface area contributed by atoms with Gasteiger partial charge in [-0.05, 0) is 18.2 Å². The van der Waals surface area contributed by atoms with E-state index in [2.05, 4.69) is 10.2 Å². The van der Waals surface area contributed by atoms with Crippen molar-refractivity contribution >= 4 is 33.0 Å². The first-order valence-corrected chi connectivity index (χ1v) is 8.32. The molecule has 0 amide bonds. The van der Waals surface area contributed by atoms with E-state index >= 15 is 0 Å². The van der Waals surface area contributed by atoms with Crippen molar-refractivity contribution < 1.29 is 17.6 Å². The van der Waals surface area contributed by atoms with Crippen molar-refractivity contribution in [3.05, 3.63) is 59.1 Å². The second-order valence-corrected chi connectivity index (χ2v) is 6.63. The number of benzene rings is 2. The van der Waals surface area contributed by atoms with Crippen LogP contribution in [-0.2, 0) is 6.18 Å². The summed E-state index contributed by atoms with van der Waals surface area (Å²) >= 11 is 7.70. The number of aromatic nitrogens is 2. The summed E-state index contributed by atoms with van der Waals surface area (Å²) in [5.74, 6) is -0.102. The second kappa shape index (κ2) is 5.86. The molecule has 2 aromatic heterocycles. The summed E-state index contributed by atoms with van der Waals surface area (Å²) in [6.07, 6.45) is -4.51. The Bertz CT molecular complexity index is 1070. The fraction of sp³-hybridized carbons (Fsp3) is 0.0588. The molecule has 0 atom stereocenters. The average Bonchev–Trinajstić information content (AvgIpc) is 3.20. The smallest absolute Gasteiger partial charge is 0.415 e. The largest absolute Gasteiger partial charge is 0.417 e. The zero-order valence-electron chi connectivity index (χ0n) is 12.3. The molecule has 0 aliphatic carbocycles. The Balaban J connectivity index is 1.83. The molecular formula is C17H8ClF3N2OS. The number of fused-ring (bicyclic) bond motifs is 1. The van der Waals surface area contributed by atoms with Crippen LogP contribution in [0.4, 0.5) is 13.2 Å². The van der Waals surface area contributed by atoms with Crippen molar-refractivity contribution in [2.24, 2.45) is 0 Å². The predicted octanol–water partition coefficient (Wildman–Crippen LogP) is 6.29. The van der Waals surface area contributed by atoms with Gasteiger partial charge in [-0.15, -0.1) is 21.5 Å². The summed E-state index contributed by atoms with van der Waals surface area (Å²) in [5.41, 5.74) is -0.987. The lowest BCUT2D eigenvalue weighted by Gasteiger charge is -2.09. The summed E-state index contributed by atoms with van der Waals surface area (Å²) in [4.78, 5) is 0.533. The zero-order valence-corrected chi connectivity index (χ0v) is 13.9. The van der Waals surface area contributed by atoms with Crippen LogP contribution in [0, 0.1) is 0 Å². The molecule has 2 aromatic carbocycles. The molecule has 4 rings (SSSR count). The zero-order chi connectivity index (χ0) is 17.6. The van der Waals surface area contributed by atoms with Crippen LogP contribution in [0.2, 0.25) is 5.02 Å². The van der Waals surface area contributed by atoms with Crippen LogP contribution in [0.1, 0.15) is 5.56 Å². The molecule has 0 bridgehead atoms. The number of hydrogen-bond acceptors (Lipinski definition) is 4. The predicted molar refractivity (Wildman–Crippen MR) is 90.6 cm³/mol. The first-order chi connectivity index (χ1) is 11.9. The van der Waals surface area contributed by atoms with Gasteiger partial charge in [-0.1, -0.05) is 41.9 Å². The number of rotatable bonds is 2. The highest BCUT2D eigenvalue weighted by molar-refractivity contribution is 7.23. The van der Waals surface area contributed by atoms with Crippen molar-refractivity contribution in [1.29, 1.82) is 0 Å². The molecule has 0 aliphatic rings. The summed E-state index contributed by atoms with van der Waals surface area (Å²) in [6.45, 7) is 0. The van der Waals surface area contributed by atoms with Gasteiger partial charge in [0.25, 0.3) is 5.89 Å². The molecule has 0 aliphatic heterocycles. The molecule has 0 saturated carbocycles. The maximum absolute atomic E-state index is 13.2. The number of halogens is 4. The van der Waals surface area contributed by atoms with Crippen LogP contribution >= 0.6 is 22.9 Å². The van der Waals surface area contributed by atoms with Crippen LogP contribution in [0.25, 0.3) is 32.3 Å². The van der Waals surface area contributed by atoms with Gasteiger partial charge >= 0.3 is 6.18 Å². The van der Waals surface area contributed by atoms with Crippen LogP contribution in [0.15, 0.2) is 52.9 Å². The van der Waals surface area contributed by atoms with E-state index in [1.165, 1.54) is 29.5 Å². The third kappa shape index (κ3) is 2.79. The van der Waals surface area contributed by atoms with Crippen molar-refractivity contribution in [2.45, 2.75) is 6.18 Å². The first kappa shape index (κ1) is 16.1. The Hall–Kier alpha value is -2.38. The highest BCUT2D eigenvalue weighted by atomic mass is 35.5. The van der Waals surface area contributed by atoms with Crippen LogP contribution in [-0.4, -0.2) is 10.2 Å². The molecule has 126 valence electrons. The SMILES string of the molecule is FC(F)(F)c1ccccc1-c1nnc(-c2sc3ccccc3c2Cl)o1. The maximum atomic E-state index is 13.2. The van der Waals surface area contributed by atoms with Gasteiger partial charge in [-0.2, -0.15) is 13.2 Å². The molecule has 0 fully saturated rings. The minimum atomic E-state index is -4.51. The average molecular weight is 381 g/mol. The van der Waals surface area contributed by atoms with Crippen molar-refractivity contribution in [3.8, 4) is 22.2 Å². The van der Waals surface area contributed by atoms with E-state index in [4.69, 9.17) is 16.0 Å². The quantitative estimate of drug-likeness (QED) is 0.410. The van der Waals surface area contributed by atoms with Gasteiger partial charge in [0, 0.05) is 10.1 Å². The van der Waals surface area contributed by atoms with Gasteiger partial charge in [0.2, 0.25) is 5.89 Å². The van der Waals surface area contributed by atoms with Crippen molar-refractivity contribution in [3.63, 3.8) is 0 Å². The Morgan fingerprint density at radius 2 is 1.60 bits per heavy atom. The molecule has 3 nitrogen and oxygen atoms in total. The molecule has 0 spiro atoms. The van der Waals surface area contributed by atoms with E-state index in [0.29, 0.717) is 9.90 Å². The Labute approximate surface area is 148 Å². The van der Waals surface area contributed by atoms with E-state index in [-0.39, 0.29) is 17.3 Å². The molecule has 0 N–H and O–H groups in total. The molecule has 2 heterocycles. The molecular weight excluding hydrogens is 373 g/mol. The Kier molecular flexibility index (Phi) is 3.77. The highest BCUT2D eigenvalue weighted by Crippen LogP contribution is 2.43. The summed E-state index contributed by atoms with van der Waals surface area (Å²) in [5, 5.41) is 8.94. The minimum Gasteiger partial charge on any atom is -0.415 e. The fourth-order valence-electron chi connectivity index (χ4n) is 2.49. The molecule has 0 radical (unpaired) electrons. The third-order valence-corrected chi connectivity index (χ3v) is 5.28. The van der Waals surface area contributed by atoms with Crippen LogP contribution in [0.5, 0.6) is 0 Å². The Morgan fingerprint density at radius 1 is 0.920 bits per heavy atom. The van der Waals surface area contributed by atoms with Gasteiger partial charge in [0.1, 0.15) is 4.88 Å². The van der Waals surface area contributed by atoms with E-state index in [1.54, 1.807) is 0 Å². The molecule has 0 unspecified atom stereocenters. The third-order valence-electron chi connectivity index (χ3n) is 3.62. The Morgan fingerprint density at radius 3 is 2.36 bits per heavy atom.